The van der Waals surface area contributed by atoms with Crippen LogP contribution in [0.4, 0.5) is 0 Å². The molecule has 6 nitrogen and oxygen atoms in total. The van der Waals surface area contributed by atoms with Gasteiger partial charge in [0.05, 0.1) is 18.1 Å². The highest BCUT2D eigenvalue weighted by Gasteiger charge is 2.38. The van der Waals surface area contributed by atoms with Crippen LogP contribution in [-0.4, -0.2) is 71.7 Å². The van der Waals surface area contributed by atoms with Crippen LogP contribution in [0.1, 0.15) is 22.5 Å². The summed E-state index contributed by atoms with van der Waals surface area (Å²) in [6, 6.07) is 3.04. The topological polar surface area (TPSA) is 70.1 Å². The SMILES string of the molecule is O=C(O)[C@@H]1C[C@@H](N2CCOCC2)CCN1C(=O)c1cccs1. The molecule has 1 N–H and O–H groups in total. The second kappa shape index (κ2) is 6.76. The van der Waals surface area contributed by atoms with Crippen molar-refractivity contribution in [3.63, 3.8) is 0 Å². The number of hydrogen-bond acceptors (Lipinski definition) is 5. The number of aliphatic carboxylic acids is 1. The van der Waals surface area contributed by atoms with Crippen molar-refractivity contribution in [1.29, 1.82) is 0 Å². The van der Waals surface area contributed by atoms with Crippen molar-refractivity contribution < 1.29 is 19.4 Å². The van der Waals surface area contributed by atoms with Gasteiger partial charge in [0.2, 0.25) is 0 Å². The van der Waals surface area contributed by atoms with E-state index in [2.05, 4.69) is 4.90 Å². The van der Waals surface area contributed by atoms with Gasteiger partial charge in [0.15, 0.2) is 0 Å². The van der Waals surface area contributed by atoms with Gasteiger partial charge in [-0.3, -0.25) is 9.69 Å². The second-order valence-electron chi connectivity index (χ2n) is 5.66. The highest BCUT2D eigenvalue weighted by molar-refractivity contribution is 7.12. The first-order valence-electron chi connectivity index (χ1n) is 7.56. The van der Waals surface area contributed by atoms with Crippen LogP contribution in [0.15, 0.2) is 17.5 Å². The normalized spacial score (nSPS) is 26.8. The zero-order chi connectivity index (χ0) is 15.5. The van der Waals surface area contributed by atoms with Crippen molar-refractivity contribution in [1.82, 2.24) is 9.80 Å². The van der Waals surface area contributed by atoms with Crippen molar-refractivity contribution in [3.8, 4) is 0 Å². The lowest BCUT2D eigenvalue weighted by atomic mass is 9.95. The number of rotatable bonds is 3. The number of piperidine rings is 1. The summed E-state index contributed by atoms with van der Waals surface area (Å²) < 4.78 is 5.35. The summed E-state index contributed by atoms with van der Waals surface area (Å²) in [5, 5.41) is 11.4. The van der Waals surface area contributed by atoms with Gasteiger partial charge in [-0.05, 0) is 24.3 Å². The Kier molecular flexibility index (Phi) is 4.75. The van der Waals surface area contributed by atoms with E-state index in [0.717, 1.165) is 19.5 Å². The minimum absolute atomic E-state index is 0.164. The molecule has 2 aliphatic heterocycles. The molecule has 1 aromatic heterocycles. The predicted molar refractivity (Wildman–Crippen MR) is 82.2 cm³/mol. The van der Waals surface area contributed by atoms with Crippen LogP contribution < -0.4 is 0 Å². The smallest absolute Gasteiger partial charge is 0.326 e. The predicted octanol–water partition coefficient (Wildman–Crippen LogP) is 1.14. The van der Waals surface area contributed by atoms with Gasteiger partial charge in [0, 0.05) is 25.7 Å². The maximum Gasteiger partial charge on any atom is 0.326 e. The van der Waals surface area contributed by atoms with Crippen LogP contribution in [0.5, 0.6) is 0 Å². The number of ether oxygens (including phenoxy) is 1. The van der Waals surface area contributed by atoms with E-state index in [4.69, 9.17) is 4.74 Å². The maximum absolute atomic E-state index is 12.5. The molecule has 2 fully saturated rings. The van der Waals surface area contributed by atoms with Crippen LogP contribution >= 0.6 is 11.3 Å². The molecule has 0 spiro atoms. The number of carbonyl (C=O) groups excluding carboxylic acids is 1. The third-order valence-electron chi connectivity index (χ3n) is 4.41. The molecule has 0 aliphatic carbocycles. The van der Waals surface area contributed by atoms with E-state index in [1.54, 1.807) is 6.07 Å². The van der Waals surface area contributed by atoms with Gasteiger partial charge < -0.3 is 14.7 Å². The molecule has 0 unspecified atom stereocenters. The summed E-state index contributed by atoms with van der Waals surface area (Å²) in [5.74, 6) is -1.08. The fourth-order valence-corrected chi connectivity index (χ4v) is 3.92. The van der Waals surface area contributed by atoms with E-state index in [1.807, 2.05) is 11.4 Å². The molecule has 3 rings (SSSR count). The Morgan fingerprint density at radius 3 is 2.68 bits per heavy atom. The van der Waals surface area contributed by atoms with Crippen LogP contribution in [0.3, 0.4) is 0 Å². The third-order valence-corrected chi connectivity index (χ3v) is 5.27. The summed E-state index contributed by atoms with van der Waals surface area (Å²) in [4.78, 5) is 28.6. The Labute approximate surface area is 133 Å². The van der Waals surface area contributed by atoms with Crippen molar-refractivity contribution in [2.75, 3.05) is 32.8 Å². The Hall–Kier alpha value is -1.44. The van der Waals surface area contributed by atoms with E-state index < -0.39 is 12.0 Å². The molecule has 0 radical (unpaired) electrons. The molecule has 2 saturated heterocycles. The van der Waals surface area contributed by atoms with Crippen molar-refractivity contribution in [2.45, 2.75) is 24.9 Å². The molecule has 120 valence electrons. The number of carboxylic acid groups (broad SMARTS) is 1. The molecular formula is C15H20N2O4S. The minimum Gasteiger partial charge on any atom is -0.480 e. The third kappa shape index (κ3) is 3.16. The fraction of sp³-hybridized carbons (Fsp3) is 0.600. The monoisotopic (exact) mass is 324 g/mol. The summed E-state index contributed by atoms with van der Waals surface area (Å²) in [5.41, 5.74) is 0. The number of carbonyl (C=O) groups is 2. The number of hydrogen-bond donors (Lipinski definition) is 1. The molecule has 22 heavy (non-hydrogen) atoms. The fourth-order valence-electron chi connectivity index (χ4n) is 3.24. The molecule has 1 aromatic rings. The average Bonchev–Trinajstić information content (AvgIpc) is 3.09. The quantitative estimate of drug-likeness (QED) is 0.903. The van der Waals surface area contributed by atoms with E-state index in [1.165, 1.54) is 16.2 Å². The molecule has 1 amide bonds. The van der Waals surface area contributed by atoms with Gasteiger partial charge in [-0.1, -0.05) is 6.07 Å². The summed E-state index contributed by atoms with van der Waals surface area (Å²) in [7, 11) is 0. The summed E-state index contributed by atoms with van der Waals surface area (Å²) in [6.07, 6.45) is 1.31. The number of morpholine rings is 1. The number of likely N-dealkylation sites (tertiary alicyclic amines) is 1. The number of carboxylic acids is 1. The molecule has 7 heteroatoms. The Morgan fingerprint density at radius 1 is 1.27 bits per heavy atom. The van der Waals surface area contributed by atoms with Crippen LogP contribution in [-0.2, 0) is 9.53 Å². The van der Waals surface area contributed by atoms with Gasteiger partial charge >= 0.3 is 5.97 Å². The largest absolute Gasteiger partial charge is 0.480 e. The van der Waals surface area contributed by atoms with Gasteiger partial charge in [0.25, 0.3) is 5.91 Å². The van der Waals surface area contributed by atoms with E-state index in [9.17, 15) is 14.7 Å². The summed E-state index contributed by atoms with van der Waals surface area (Å²) >= 11 is 1.36. The summed E-state index contributed by atoms with van der Waals surface area (Å²) in [6.45, 7) is 3.58. The Balaban J connectivity index is 1.71. The first kappa shape index (κ1) is 15.5. The first-order valence-corrected chi connectivity index (χ1v) is 8.44. The second-order valence-corrected chi connectivity index (χ2v) is 6.60. The lowest BCUT2D eigenvalue weighted by Crippen LogP contribution is -2.56. The standard InChI is InChI=1S/C15H20N2O4S/c18-14(13-2-1-9-22-13)17-4-3-11(10-12(17)15(19)20)16-5-7-21-8-6-16/h1-2,9,11-12H,3-8,10H2,(H,19,20)/t11-,12-/m0/s1. The van der Waals surface area contributed by atoms with Gasteiger partial charge in [0.1, 0.15) is 6.04 Å². The van der Waals surface area contributed by atoms with Crippen molar-refractivity contribution in [2.24, 2.45) is 0 Å². The zero-order valence-electron chi connectivity index (χ0n) is 12.3. The molecule has 2 atom stereocenters. The molecule has 2 aliphatic rings. The van der Waals surface area contributed by atoms with Crippen molar-refractivity contribution >= 4 is 23.2 Å². The number of nitrogens with zero attached hydrogens (tertiary/aromatic N) is 2. The average molecular weight is 324 g/mol. The van der Waals surface area contributed by atoms with Gasteiger partial charge in [-0.25, -0.2) is 4.79 Å². The Morgan fingerprint density at radius 2 is 2.05 bits per heavy atom. The molecular weight excluding hydrogens is 304 g/mol. The molecule has 0 bridgehead atoms. The van der Waals surface area contributed by atoms with E-state index in [0.29, 0.717) is 31.1 Å². The lowest BCUT2D eigenvalue weighted by Gasteiger charge is -2.42. The van der Waals surface area contributed by atoms with Crippen LogP contribution in [0.2, 0.25) is 0 Å². The zero-order valence-corrected chi connectivity index (χ0v) is 13.1. The van der Waals surface area contributed by atoms with Crippen LogP contribution in [0, 0.1) is 0 Å². The van der Waals surface area contributed by atoms with Gasteiger partial charge in [-0.15, -0.1) is 11.3 Å². The van der Waals surface area contributed by atoms with E-state index in [-0.39, 0.29) is 11.9 Å². The molecule has 3 heterocycles. The van der Waals surface area contributed by atoms with Crippen molar-refractivity contribution in [3.05, 3.63) is 22.4 Å². The first-order chi connectivity index (χ1) is 10.7. The maximum atomic E-state index is 12.5. The van der Waals surface area contributed by atoms with E-state index >= 15 is 0 Å². The molecule has 0 saturated carbocycles. The highest BCUT2D eigenvalue weighted by atomic mass is 32.1. The minimum atomic E-state index is -0.914. The number of thiophene rings is 1. The molecule has 0 aromatic carbocycles. The van der Waals surface area contributed by atoms with Crippen LogP contribution in [0.25, 0.3) is 0 Å². The van der Waals surface area contributed by atoms with Gasteiger partial charge in [-0.2, -0.15) is 0 Å². The number of amides is 1. The Bertz CT molecular complexity index is 528. The lowest BCUT2D eigenvalue weighted by molar-refractivity contribution is -0.144. The highest BCUT2D eigenvalue weighted by Crippen LogP contribution is 2.25.